The van der Waals surface area contributed by atoms with Gasteiger partial charge in [0, 0.05) is 25.6 Å². The number of nitrogens with zero attached hydrogens (tertiary/aromatic N) is 2. The van der Waals surface area contributed by atoms with Crippen molar-refractivity contribution < 1.29 is 27.5 Å². The molecule has 0 aliphatic heterocycles. The molecule has 0 heterocycles. The third-order valence-electron chi connectivity index (χ3n) is 7.70. The van der Waals surface area contributed by atoms with Crippen molar-refractivity contribution in [1.29, 1.82) is 0 Å². The molecule has 4 rings (SSSR count). The molecule has 1 N–H and O–H groups in total. The minimum atomic E-state index is -4.34. The number of hydrogen-bond donors (Lipinski definition) is 1. The Morgan fingerprint density at radius 3 is 2.10 bits per heavy atom. The normalized spacial score (nSPS) is 11.8. The summed E-state index contributed by atoms with van der Waals surface area (Å²) in [6.07, 6.45) is 1.82. The molecule has 12 heteroatoms. The van der Waals surface area contributed by atoms with Gasteiger partial charge in [0.2, 0.25) is 11.8 Å². The molecular formula is C36H39Cl2N3O6S. The second-order valence-corrected chi connectivity index (χ2v) is 13.7. The van der Waals surface area contributed by atoms with E-state index in [9.17, 15) is 18.0 Å². The predicted molar refractivity (Wildman–Crippen MR) is 189 cm³/mol. The van der Waals surface area contributed by atoms with Crippen LogP contribution in [-0.4, -0.2) is 58.5 Å². The molecule has 254 valence electrons. The van der Waals surface area contributed by atoms with Crippen molar-refractivity contribution >= 4 is 50.7 Å². The van der Waals surface area contributed by atoms with Crippen LogP contribution < -0.4 is 19.1 Å². The fourth-order valence-electron chi connectivity index (χ4n) is 5.12. The standard InChI is InChI=1S/C36H39Cl2N3O6S/c1-4-5-20-39-36(43)32(22-26-12-8-6-9-13-26)40(24-27-16-18-30(37)31(38)21-27)35(42)25-41(28-14-10-7-11-15-28)48(44,45)29-17-19-33(46-2)34(23-29)47-3/h6-19,21,23,32H,4-5,20,22,24-25H2,1-3H3,(H,39,43)/t32-/m1/s1. The largest absolute Gasteiger partial charge is 0.493 e. The second-order valence-electron chi connectivity index (χ2n) is 11.0. The number of amides is 2. The Bertz CT molecular complexity index is 1790. The maximum atomic E-state index is 14.6. The van der Waals surface area contributed by atoms with E-state index >= 15 is 0 Å². The van der Waals surface area contributed by atoms with Crippen LogP contribution in [0.15, 0.2) is 102 Å². The lowest BCUT2D eigenvalue weighted by Gasteiger charge is -2.34. The molecular weight excluding hydrogens is 673 g/mol. The van der Waals surface area contributed by atoms with Gasteiger partial charge in [0.25, 0.3) is 10.0 Å². The highest BCUT2D eigenvalue weighted by Gasteiger charge is 2.35. The smallest absolute Gasteiger partial charge is 0.264 e. The highest BCUT2D eigenvalue weighted by molar-refractivity contribution is 7.92. The van der Waals surface area contributed by atoms with Gasteiger partial charge >= 0.3 is 0 Å². The predicted octanol–water partition coefficient (Wildman–Crippen LogP) is 6.76. The fourth-order valence-corrected chi connectivity index (χ4v) is 6.87. The Morgan fingerprint density at radius 2 is 1.48 bits per heavy atom. The van der Waals surface area contributed by atoms with E-state index in [1.165, 1.54) is 37.3 Å². The molecule has 0 fully saturated rings. The topological polar surface area (TPSA) is 105 Å². The summed E-state index contributed by atoms with van der Waals surface area (Å²) in [6.45, 7) is 1.81. The SMILES string of the molecule is CCCCNC(=O)[C@@H](Cc1ccccc1)N(Cc1ccc(Cl)c(Cl)c1)C(=O)CN(c1ccccc1)S(=O)(=O)c1ccc(OC)c(OC)c1. The summed E-state index contributed by atoms with van der Waals surface area (Å²) in [5.41, 5.74) is 1.71. The lowest BCUT2D eigenvalue weighted by molar-refractivity contribution is -0.140. The quantitative estimate of drug-likeness (QED) is 0.129. The molecule has 0 radical (unpaired) electrons. The van der Waals surface area contributed by atoms with Crippen LogP contribution in [0.2, 0.25) is 10.0 Å². The van der Waals surface area contributed by atoms with Crippen molar-refractivity contribution in [2.45, 2.75) is 43.7 Å². The summed E-state index contributed by atoms with van der Waals surface area (Å²) in [5.74, 6) is -0.384. The molecule has 1 atom stereocenters. The number of nitrogens with one attached hydrogen (secondary N) is 1. The van der Waals surface area contributed by atoms with Crippen LogP contribution in [0.4, 0.5) is 5.69 Å². The molecule has 4 aromatic rings. The fraction of sp³-hybridized carbons (Fsp3) is 0.278. The minimum absolute atomic E-state index is 0.0343. The van der Waals surface area contributed by atoms with Gasteiger partial charge in [-0.15, -0.1) is 0 Å². The lowest BCUT2D eigenvalue weighted by atomic mass is 10.0. The van der Waals surface area contributed by atoms with Crippen LogP contribution in [0.25, 0.3) is 0 Å². The molecule has 0 unspecified atom stereocenters. The molecule has 0 bridgehead atoms. The van der Waals surface area contributed by atoms with Crippen molar-refractivity contribution in [3.63, 3.8) is 0 Å². The first kappa shape index (κ1) is 36.6. The summed E-state index contributed by atoms with van der Waals surface area (Å²) >= 11 is 12.5. The maximum Gasteiger partial charge on any atom is 0.264 e. The molecule has 0 saturated heterocycles. The molecule has 48 heavy (non-hydrogen) atoms. The first-order valence-electron chi connectivity index (χ1n) is 15.4. The third kappa shape index (κ3) is 9.21. The van der Waals surface area contributed by atoms with E-state index in [1.54, 1.807) is 48.5 Å². The van der Waals surface area contributed by atoms with E-state index in [0.29, 0.717) is 22.9 Å². The summed E-state index contributed by atoms with van der Waals surface area (Å²) in [7, 11) is -1.48. The Labute approximate surface area is 292 Å². The Balaban J connectivity index is 1.81. The highest BCUT2D eigenvalue weighted by atomic mass is 35.5. The first-order valence-corrected chi connectivity index (χ1v) is 17.6. The first-order chi connectivity index (χ1) is 23.1. The monoisotopic (exact) mass is 711 g/mol. The van der Waals surface area contributed by atoms with Crippen molar-refractivity contribution in [1.82, 2.24) is 10.2 Å². The molecule has 0 saturated carbocycles. The van der Waals surface area contributed by atoms with Gasteiger partial charge in [-0.1, -0.05) is 91.1 Å². The van der Waals surface area contributed by atoms with Gasteiger partial charge in [-0.3, -0.25) is 13.9 Å². The van der Waals surface area contributed by atoms with Crippen molar-refractivity contribution in [2.24, 2.45) is 0 Å². The number of rotatable bonds is 16. The van der Waals surface area contributed by atoms with Crippen molar-refractivity contribution in [3.8, 4) is 11.5 Å². The lowest BCUT2D eigenvalue weighted by Crippen LogP contribution is -2.53. The Morgan fingerprint density at radius 1 is 0.812 bits per heavy atom. The van der Waals surface area contributed by atoms with Crippen LogP contribution in [0, 0.1) is 0 Å². The summed E-state index contributed by atoms with van der Waals surface area (Å²) in [4.78, 5) is 29.8. The summed E-state index contributed by atoms with van der Waals surface area (Å²) in [5, 5.41) is 3.60. The number of anilines is 1. The number of hydrogen-bond acceptors (Lipinski definition) is 6. The van der Waals surface area contributed by atoms with Crippen LogP contribution in [-0.2, 0) is 32.6 Å². The number of carbonyl (C=O) groups is 2. The zero-order valence-corrected chi connectivity index (χ0v) is 29.4. The number of methoxy groups -OCH3 is 2. The van der Waals surface area contributed by atoms with E-state index < -0.39 is 28.5 Å². The molecule has 9 nitrogen and oxygen atoms in total. The van der Waals surface area contributed by atoms with Crippen LogP contribution in [0.1, 0.15) is 30.9 Å². The average molecular weight is 713 g/mol. The van der Waals surface area contributed by atoms with Gasteiger partial charge in [-0.05, 0) is 53.9 Å². The second kappa shape index (κ2) is 17.2. The van der Waals surface area contributed by atoms with Crippen LogP contribution in [0.5, 0.6) is 11.5 Å². The molecule has 4 aromatic carbocycles. The Kier molecular flexibility index (Phi) is 13.1. The zero-order valence-electron chi connectivity index (χ0n) is 27.1. The number of sulfonamides is 1. The number of para-hydroxylation sites is 1. The van der Waals surface area contributed by atoms with E-state index in [-0.39, 0.29) is 40.2 Å². The van der Waals surface area contributed by atoms with Gasteiger partial charge in [-0.2, -0.15) is 0 Å². The van der Waals surface area contributed by atoms with Crippen molar-refractivity contribution in [3.05, 3.63) is 118 Å². The van der Waals surface area contributed by atoms with Gasteiger partial charge in [0.1, 0.15) is 12.6 Å². The number of unbranched alkanes of at least 4 members (excludes halogenated alkanes) is 1. The summed E-state index contributed by atoms with van der Waals surface area (Å²) in [6, 6.07) is 25.9. The van der Waals surface area contributed by atoms with E-state index in [4.69, 9.17) is 32.7 Å². The summed E-state index contributed by atoms with van der Waals surface area (Å²) < 4.78 is 40.3. The third-order valence-corrected chi connectivity index (χ3v) is 10.2. The number of ether oxygens (including phenoxy) is 2. The van der Waals surface area contributed by atoms with Crippen LogP contribution >= 0.6 is 23.2 Å². The maximum absolute atomic E-state index is 14.6. The highest BCUT2D eigenvalue weighted by Crippen LogP contribution is 2.32. The van der Waals surface area contributed by atoms with Gasteiger partial charge in [0.15, 0.2) is 11.5 Å². The van der Waals surface area contributed by atoms with E-state index in [1.807, 2.05) is 37.3 Å². The van der Waals surface area contributed by atoms with Crippen molar-refractivity contribution in [2.75, 3.05) is 31.6 Å². The van der Waals surface area contributed by atoms with Crippen LogP contribution in [0.3, 0.4) is 0 Å². The number of benzene rings is 4. The average Bonchev–Trinajstić information content (AvgIpc) is 3.10. The Hall–Kier alpha value is -4.25. The molecule has 0 spiro atoms. The molecule has 0 aromatic heterocycles. The van der Waals surface area contributed by atoms with Gasteiger partial charge in [0.05, 0.1) is 34.8 Å². The van der Waals surface area contributed by atoms with Gasteiger partial charge in [-0.25, -0.2) is 8.42 Å². The molecule has 2 amide bonds. The van der Waals surface area contributed by atoms with E-state index in [2.05, 4.69) is 5.32 Å². The zero-order chi connectivity index (χ0) is 34.7. The molecule has 0 aliphatic rings. The number of carbonyl (C=O) groups excluding carboxylic acids is 2. The minimum Gasteiger partial charge on any atom is -0.493 e. The van der Waals surface area contributed by atoms with Gasteiger partial charge < -0.3 is 19.7 Å². The molecule has 0 aliphatic carbocycles. The number of halogens is 2. The van der Waals surface area contributed by atoms with E-state index in [0.717, 1.165) is 22.7 Å².